The summed E-state index contributed by atoms with van der Waals surface area (Å²) in [6.07, 6.45) is 13.6. The molecule has 3 saturated carbocycles. The van der Waals surface area contributed by atoms with E-state index in [-0.39, 0.29) is 0 Å². The molecule has 1 spiro atoms. The fourth-order valence-electron chi connectivity index (χ4n) is 4.43. The van der Waals surface area contributed by atoms with E-state index in [1.54, 1.807) is 0 Å². The van der Waals surface area contributed by atoms with Crippen molar-refractivity contribution in [1.29, 1.82) is 0 Å². The molecule has 0 aliphatic heterocycles. The van der Waals surface area contributed by atoms with Gasteiger partial charge in [0.2, 0.25) is 0 Å². The standard InChI is InChI=1S/C15H24O2S/c16-13(17)15(18-12-6-2-1-3-7-12)10-14(11-15)8-4-5-9-14/h12H,1-11H2,(H,16,17). The number of hydrogen-bond donors (Lipinski definition) is 1. The zero-order valence-corrected chi connectivity index (χ0v) is 11.9. The average molecular weight is 268 g/mol. The molecule has 102 valence electrons. The van der Waals surface area contributed by atoms with Gasteiger partial charge < -0.3 is 5.11 Å². The molecular formula is C15H24O2S. The van der Waals surface area contributed by atoms with Crippen molar-refractivity contribution in [2.75, 3.05) is 0 Å². The molecule has 0 radical (unpaired) electrons. The van der Waals surface area contributed by atoms with Crippen molar-refractivity contribution < 1.29 is 9.90 Å². The molecule has 3 heteroatoms. The molecule has 3 aliphatic rings. The molecule has 1 N–H and O–H groups in total. The van der Waals surface area contributed by atoms with Gasteiger partial charge in [-0.15, -0.1) is 11.8 Å². The van der Waals surface area contributed by atoms with E-state index in [0.717, 1.165) is 12.8 Å². The minimum Gasteiger partial charge on any atom is -0.480 e. The topological polar surface area (TPSA) is 37.3 Å². The van der Waals surface area contributed by atoms with E-state index in [0.29, 0.717) is 10.7 Å². The van der Waals surface area contributed by atoms with Crippen LogP contribution in [0.15, 0.2) is 0 Å². The Kier molecular flexibility index (Phi) is 3.38. The molecule has 0 bridgehead atoms. The van der Waals surface area contributed by atoms with Crippen LogP contribution in [0.3, 0.4) is 0 Å². The zero-order chi connectivity index (χ0) is 12.6. The second-order valence-corrected chi connectivity index (χ2v) is 8.42. The first kappa shape index (κ1) is 12.8. The molecule has 3 rings (SSSR count). The van der Waals surface area contributed by atoms with Crippen LogP contribution < -0.4 is 0 Å². The third-order valence-electron chi connectivity index (χ3n) is 5.32. The van der Waals surface area contributed by atoms with E-state index in [2.05, 4.69) is 0 Å². The maximum absolute atomic E-state index is 11.7. The van der Waals surface area contributed by atoms with Crippen LogP contribution in [0.2, 0.25) is 0 Å². The molecule has 0 aromatic carbocycles. The Hall–Kier alpha value is -0.180. The van der Waals surface area contributed by atoms with Gasteiger partial charge in [0.1, 0.15) is 4.75 Å². The van der Waals surface area contributed by atoms with Gasteiger partial charge in [-0.1, -0.05) is 32.1 Å². The molecule has 2 nitrogen and oxygen atoms in total. The lowest BCUT2D eigenvalue weighted by atomic mass is 9.60. The summed E-state index contributed by atoms with van der Waals surface area (Å²) in [5, 5.41) is 10.3. The summed E-state index contributed by atoms with van der Waals surface area (Å²) in [4.78, 5) is 11.7. The zero-order valence-electron chi connectivity index (χ0n) is 11.1. The fraction of sp³-hybridized carbons (Fsp3) is 0.933. The molecule has 0 aromatic heterocycles. The third kappa shape index (κ3) is 2.19. The van der Waals surface area contributed by atoms with Crippen LogP contribution in [0.25, 0.3) is 0 Å². The van der Waals surface area contributed by atoms with Crippen molar-refractivity contribution in [2.45, 2.75) is 80.6 Å². The summed E-state index contributed by atoms with van der Waals surface area (Å²) in [6.45, 7) is 0. The highest BCUT2D eigenvalue weighted by atomic mass is 32.2. The fourth-order valence-corrected chi connectivity index (χ4v) is 6.51. The van der Waals surface area contributed by atoms with Crippen molar-refractivity contribution >= 4 is 17.7 Å². The Morgan fingerprint density at radius 1 is 1.00 bits per heavy atom. The summed E-state index contributed by atoms with van der Waals surface area (Å²) in [6, 6.07) is 0. The first-order chi connectivity index (χ1) is 8.64. The highest BCUT2D eigenvalue weighted by Crippen LogP contribution is 2.64. The largest absolute Gasteiger partial charge is 0.480 e. The van der Waals surface area contributed by atoms with Gasteiger partial charge in [-0.05, 0) is 43.9 Å². The van der Waals surface area contributed by atoms with Crippen molar-refractivity contribution in [3.05, 3.63) is 0 Å². The van der Waals surface area contributed by atoms with Gasteiger partial charge in [0.05, 0.1) is 0 Å². The molecular weight excluding hydrogens is 244 g/mol. The van der Waals surface area contributed by atoms with Crippen molar-refractivity contribution in [3.8, 4) is 0 Å². The number of rotatable bonds is 3. The van der Waals surface area contributed by atoms with Crippen molar-refractivity contribution in [2.24, 2.45) is 5.41 Å². The van der Waals surface area contributed by atoms with Crippen molar-refractivity contribution in [3.63, 3.8) is 0 Å². The van der Waals surface area contributed by atoms with Crippen LogP contribution in [-0.4, -0.2) is 21.1 Å². The lowest BCUT2D eigenvalue weighted by Gasteiger charge is -2.53. The maximum atomic E-state index is 11.7. The lowest BCUT2D eigenvalue weighted by Crippen LogP contribution is -2.54. The predicted molar refractivity (Wildman–Crippen MR) is 75.0 cm³/mol. The number of carbonyl (C=O) groups is 1. The van der Waals surface area contributed by atoms with Gasteiger partial charge in [-0.2, -0.15) is 0 Å². The molecule has 3 aliphatic carbocycles. The summed E-state index contributed by atoms with van der Waals surface area (Å²) in [7, 11) is 0. The minimum absolute atomic E-state index is 0.410. The van der Waals surface area contributed by atoms with Crippen LogP contribution in [0.1, 0.15) is 70.6 Å². The Bertz CT molecular complexity index is 319. The lowest BCUT2D eigenvalue weighted by molar-refractivity contribution is -0.146. The van der Waals surface area contributed by atoms with Gasteiger partial charge in [0.15, 0.2) is 0 Å². The average Bonchev–Trinajstić information content (AvgIpc) is 2.78. The SMILES string of the molecule is O=C(O)C1(SC2CCCCC2)CC2(CCCC2)C1. The highest BCUT2D eigenvalue weighted by Gasteiger charge is 2.60. The summed E-state index contributed by atoms with van der Waals surface area (Å²) >= 11 is 1.82. The van der Waals surface area contributed by atoms with E-state index in [4.69, 9.17) is 0 Å². The van der Waals surface area contributed by atoms with Crippen LogP contribution in [0.4, 0.5) is 0 Å². The van der Waals surface area contributed by atoms with Crippen LogP contribution in [0, 0.1) is 5.41 Å². The molecule has 3 fully saturated rings. The Balaban J connectivity index is 1.64. The van der Waals surface area contributed by atoms with Crippen LogP contribution in [-0.2, 0) is 4.79 Å². The monoisotopic (exact) mass is 268 g/mol. The smallest absolute Gasteiger partial charge is 0.319 e. The molecule has 0 atom stereocenters. The predicted octanol–water partition coefficient (Wildman–Crippen LogP) is 4.23. The highest BCUT2D eigenvalue weighted by molar-refractivity contribution is 8.02. The number of aliphatic carboxylic acids is 1. The van der Waals surface area contributed by atoms with E-state index >= 15 is 0 Å². The molecule has 18 heavy (non-hydrogen) atoms. The summed E-state index contributed by atoms with van der Waals surface area (Å²) in [5.74, 6) is -0.532. The first-order valence-corrected chi connectivity index (χ1v) is 8.44. The number of carboxylic acids is 1. The summed E-state index contributed by atoms with van der Waals surface area (Å²) in [5.41, 5.74) is 0.431. The van der Waals surface area contributed by atoms with Crippen LogP contribution >= 0.6 is 11.8 Å². The first-order valence-electron chi connectivity index (χ1n) is 7.56. The van der Waals surface area contributed by atoms with E-state index in [1.807, 2.05) is 11.8 Å². The summed E-state index contributed by atoms with van der Waals surface area (Å²) < 4.78 is -0.410. The van der Waals surface area contributed by atoms with E-state index in [9.17, 15) is 9.90 Å². The van der Waals surface area contributed by atoms with E-state index < -0.39 is 10.7 Å². The molecule has 0 aromatic rings. The molecule has 0 unspecified atom stereocenters. The molecule has 0 amide bonds. The van der Waals surface area contributed by atoms with E-state index in [1.165, 1.54) is 57.8 Å². The minimum atomic E-state index is -0.532. The number of hydrogen-bond acceptors (Lipinski definition) is 2. The van der Waals surface area contributed by atoms with Gasteiger partial charge in [-0.3, -0.25) is 4.79 Å². The Morgan fingerprint density at radius 2 is 1.61 bits per heavy atom. The normalized spacial score (nSPS) is 30.2. The van der Waals surface area contributed by atoms with Gasteiger partial charge in [-0.25, -0.2) is 0 Å². The maximum Gasteiger partial charge on any atom is 0.319 e. The van der Waals surface area contributed by atoms with Crippen LogP contribution in [0.5, 0.6) is 0 Å². The quantitative estimate of drug-likeness (QED) is 0.832. The molecule has 0 heterocycles. The number of thioether (sulfide) groups is 1. The third-order valence-corrected chi connectivity index (χ3v) is 7.04. The Labute approximate surface area is 114 Å². The van der Waals surface area contributed by atoms with Gasteiger partial charge in [0.25, 0.3) is 0 Å². The Morgan fingerprint density at radius 3 is 2.17 bits per heavy atom. The van der Waals surface area contributed by atoms with Crippen molar-refractivity contribution in [1.82, 2.24) is 0 Å². The van der Waals surface area contributed by atoms with Gasteiger partial charge >= 0.3 is 5.97 Å². The number of carboxylic acid groups (broad SMARTS) is 1. The van der Waals surface area contributed by atoms with Gasteiger partial charge in [0, 0.05) is 5.25 Å². The molecule has 0 saturated heterocycles. The second kappa shape index (κ2) is 4.73. The second-order valence-electron chi connectivity index (χ2n) is 6.74.